The molecule has 2 saturated carbocycles. The van der Waals surface area contributed by atoms with E-state index in [-0.39, 0.29) is 46.5 Å². The molecule has 6 heteroatoms. The highest BCUT2D eigenvalue weighted by molar-refractivity contribution is 9.09. The van der Waals surface area contributed by atoms with Gasteiger partial charge < -0.3 is 14.8 Å². The topological polar surface area (TPSA) is 64.6 Å². The van der Waals surface area contributed by atoms with Crippen LogP contribution in [0.5, 0.6) is 11.5 Å². The molecule has 0 radical (unpaired) electrons. The maximum Gasteiger partial charge on any atom is 0.310 e. The van der Waals surface area contributed by atoms with Crippen molar-refractivity contribution < 1.29 is 19.1 Å². The summed E-state index contributed by atoms with van der Waals surface area (Å²) < 4.78 is 11.4. The number of carbonyl (C=O) groups excluding carboxylic acids is 2. The molecule has 0 unspecified atom stereocenters. The monoisotopic (exact) mass is 441 g/mol. The van der Waals surface area contributed by atoms with Crippen molar-refractivity contribution in [3.63, 3.8) is 0 Å². The number of hydrogen-bond donors (Lipinski definition) is 1. The Balaban J connectivity index is 1.28. The Kier molecular flexibility index (Phi) is 4.19. The number of fused-ring (bicyclic) bond motifs is 1. The van der Waals surface area contributed by atoms with Crippen LogP contribution < -0.4 is 10.1 Å². The van der Waals surface area contributed by atoms with Crippen molar-refractivity contribution in [3.8, 4) is 11.5 Å². The first-order valence-electron chi connectivity index (χ1n) is 9.52. The third-order valence-electron chi connectivity index (χ3n) is 6.27. The highest BCUT2D eigenvalue weighted by atomic mass is 79.9. The number of hydrogen-bond acceptors (Lipinski definition) is 4. The van der Waals surface area contributed by atoms with Crippen LogP contribution in [0.1, 0.15) is 12.0 Å². The van der Waals surface area contributed by atoms with Crippen molar-refractivity contribution in [2.24, 2.45) is 23.7 Å². The number of nitrogens with one attached hydrogen (secondary N) is 1. The lowest BCUT2D eigenvalue weighted by Crippen LogP contribution is -2.40. The minimum absolute atomic E-state index is 0.0653. The number of halogens is 1. The lowest BCUT2D eigenvalue weighted by atomic mass is 9.79. The van der Waals surface area contributed by atoms with Gasteiger partial charge in [0.2, 0.25) is 5.91 Å². The normalized spacial score (nSPS) is 32.3. The molecule has 28 heavy (non-hydrogen) atoms. The second-order valence-corrected chi connectivity index (χ2v) is 8.90. The van der Waals surface area contributed by atoms with Gasteiger partial charge in [0, 0.05) is 11.6 Å². The third-order valence-corrected chi connectivity index (χ3v) is 7.47. The summed E-state index contributed by atoms with van der Waals surface area (Å²) in [5.74, 6) is 0.871. The Morgan fingerprint density at radius 3 is 2.64 bits per heavy atom. The van der Waals surface area contributed by atoms with Crippen molar-refractivity contribution >= 4 is 33.5 Å². The van der Waals surface area contributed by atoms with Gasteiger partial charge in [0.1, 0.15) is 17.6 Å². The number of ether oxygens (including phenoxy) is 2. The zero-order valence-electron chi connectivity index (χ0n) is 15.3. The van der Waals surface area contributed by atoms with Gasteiger partial charge in [-0.2, -0.15) is 0 Å². The second-order valence-electron chi connectivity index (χ2n) is 7.84. The van der Waals surface area contributed by atoms with Crippen LogP contribution in [-0.4, -0.2) is 22.8 Å². The summed E-state index contributed by atoms with van der Waals surface area (Å²) in [4.78, 5) is 25.2. The zero-order chi connectivity index (χ0) is 19.4. The summed E-state index contributed by atoms with van der Waals surface area (Å²) in [6.45, 7) is 2.00. The van der Waals surface area contributed by atoms with Gasteiger partial charge >= 0.3 is 5.97 Å². The van der Waals surface area contributed by atoms with Crippen LogP contribution in [0.4, 0.5) is 5.69 Å². The largest absolute Gasteiger partial charge is 0.461 e. The average Bonchev–Trinajstić information content (AvgIpc) is 3.29. The number of esters is 1. The lowest BCUT2D eigenvalue weighted by molar-refractivity contribution is -0.145. The molecule has 144 valence electrons. The Morgan fingerprint density at radius 2 is 1.89 bits per heavy atom. The van der Waals surface area contributed by atoms with E-state index in [9.17, 15) is 9.59 Å². The minimum Gasteiger partial charge on any atom is -0.461 e. The number of benzene rings is 2. The van der Waals surface area contributed by atoms with Crippen molar-refractivity contribution in [2.45, 2.75) is 24.3 Å². The number of aryl methyl sites for hydroxylation is 1. The fraction of sp³-hybridized carbons (Fsp3) is 0.364. The fourth-order valence-corrected chi connectivity index (χ4v) is 6.00. The molecule has 3 aliphatic rings. The SMILES string of the molecule is Cc1ccccc1Oc1ccc(NC(=O)[C@@H]2[C@@H]3C[C@H]4[C@H](OC(=O)[C@@H]42)[C@@H]3Br)cc1. The Labute approximate surface area is 171 Å². The molecule has 1 heterocycles. The lowest BCUT2D eigenvalue weighted by Gasteiger charge is -2.27. The quantitative estimate of drug-likeness (QED) is 0.567. The number of rotatable bonds is 4. The maximum absolute atomic E-state index is 12.9. The van der Waals surface area contributed by atoms with E-state index >= 15 is 0 Å². The van der Waals surface area contributed by atoms with Gasteiger partial charge in [-0.1, -0.05) is 34.1 Å². The molecule has 2 aromatic carbocycles. The number of anilines is 1. The molecule has 5 rings (SSSR count). The van der Waals surface area contributed by atoms with E-state index in [1.54, 1.807) is 0 Å². The molecule has 1 aliphatic heterocycles. The van der Waals surface area contributed by atoms with E-state index in [1.165, 1.54) is 0 Å². The highest BCUT2D eigenvalue weighted by Crippen LogP contribution is 2.60. The van der Waals surface area contributed by atoms with Crippen LogP contribution in [0.3, 0.4) is 0 Å². The molecule has 0 spiro atoms. The van der Waals surface area contributed by atoms with Gasteiger partial charge in [-0.15, -0.1) is 0 Å². The standard InChI is InChI=1S/C22H20BrNO4/c1-11-4-2-3-5-16(11)27-13-8-6-12(7-9-13)24-21(25)17-14-10-15-18(17)22(26)28-20(15)19(14)23/h2-9,14-15,17-20H,10H2,1H3,(H,24,25)/t14-,15+,17+,18-,19+,20-/m0/s1. The summed E-state index contributed by atoms with van der Waals surface area (Å²) in [5.41, 5.74) is 1.75. The van der Waals surface area contributed by atoms with Crippen LogP contribution in [0.2, 0.25) is 0 Å². The van der Waals surface area contributed by atoms with Gasteiger partial charge in [0.05, 0.1) is 16.7 Å². The van der Waals surface area contributed by atoms with Crippen LogP contribution in [0.15, 0.2) is 48.5 Å². The first-order valence-corrected chi connectivity index (χ1v) is 10.4. The molecule has 2 aromatic rings. The number of para-hydroxylation sites is 1. The van der Waals surface area contributed by atoms with Gasteiger partial charge in [0.25, 0.3) is 0 Å². The molecular weight excluding hydrogens is 422 g/mol. The Hall–Kier alpha value is -2.34. The molecule has 1 N–H and O–H groups in total. The first kappa shape index (κ1) is 17.7. The smallest absolute Gasteiger partial charge is 0.310 e. The van der Waals surface area contributed by atoms with Crippen molar-refractivity contribution in [3.05, 3.63) is 54.1 Å². The predicted octanol–water partition coefficient (Wildman–Crippen LogP) is 4.30. The van der Waals surface area contributed by atoms with E-state index in [0.717, 1.165) is 17.7 Å². The summed E-state index contributed by atoms with van der Waals surface area (Å²) in [6.07, 6.45) is 0.808. The van der Waals surface area contributed by atoms with Crippen LogP contribution in [-0.2, 0) is 14.3 Å². The molecule has 6 atom stereocenters. The molecule has 0 aromatic heterocycles. The Bertz CT molecular complexity index is 944. The van der Waals surface area contributed by atoms with E-state index in [0.29, 0.717) is 11.4 Å². The van der Waals surface area contributed by atoms with Crippen LogP contribution in [0, 0.1) is 30.6 Å². The first-order chi connectivity index (χ1) is 13.5. The number of carbonyl (C=O) groups is 2. The zero-order valence-corrected chi connectivity index (χ0v) is 16.9. The number of amides is 1. The predicted molar refractivity (Wildman–Crippen MR) is 107 cm³/mol. The molecule has 3 fully saturated rings. The van der Waals surface area contributed by atoms with Crippen molar-refractivity contribution in [1.82, 2.24) is 0 Å². The summed E-state index contributed by atoms with van der Waals surface area (Å²) in [7, 11) is 0. The summed E-state index contributed by atoms with van der Waals surface area (Å²) in [5, 5.41) is 2.97. The van der Waals surface area contributed by atoms with Crippen molar-refractivity contribution in [1.29, 1.82) is 0 Å². The second kappa shape index (κ2) is 6.62. The molecule has 1 saturated heterocycles. The van der Waals surface area contributed by atoms with Gasteiger partial charge in [-0.05, 0) is 55.2 Å². The highest BCUT2D eigenvalue weighted by Gasteiger charge is 2.67. The average molecular weight is 442 g/mol. The van der Waals surface area contributed by atoms with E-state index in [4.69, 9.17) is 9.47 Å². The summed E-state index contributed by atoms with van der Waals surface area (Å²) >= 11 is 3.64. The van der Waals surface area contributed by atoms with Gasteiger partial charge in [-0.3, -0.25) is 9.59 Å². The summed E-state index contributed by atoms with van der Waals surface area (Å²) in [6, 6.07) is 15.1. The molecule has 2 aliphatic carbocycles. The van der Waals surface area contributed by atoms with Crippen LogP contribution >= 0.6 is 15.9 Å². The van der Waals surface area contributed by atoms with Gasteiger partial charge in [0.15, 0.2) is 0 Å². The van der Waals surface area contributed by atoms with E-state index in [2.05, 4.69) is 21.2 Å². The van der Waals surface area contributed by atoms with Gasteiger partial charge in [-0.25, -0.2) is 0 Å². The third kappa shape index (κ3) is 2.73. The maximum atomic E-state index is 12.9. The van der Waals surface area contributed by atoms with E-state index in [1.807, 2.05) is 55.5 Å². The Morgan fingerprint density at radius 1 is 1.14 bits per heavy atom. The molecule has 5 nitrogen and oxygen atoms in total. The van der Waals surface area contributed by atoms with Crippen molar-refractivity contribution in [2.75, 3.05) is 5.32 Å². The fourth-order valence-electron chi connectivity index (χ4n) is 4.96. The number of alkyl halides is 1. The van der Waals surface area contributed by atoms with Crippen LogP contribution in [0.25, 0.3) is 0 Å². The molecule has 2 bridgehead atoms. The van der Waals surface area contributed by atoms with E-state index < -0.39 is 0 Å². The molecule has 1 amide bonds. The minimum atomic E-state index is -0.330. The molecular formula is C22H20BrNO4.